The SMILES string of the molecule is CCCn1c(SCC)nc2cc(C)[nH]c2c1=O. The minimum atomic E-state index is 0.0425. The first-order valence-corrected chi connectivity index (χ1v) is 6.88. The second kappa shape index (κ2) is 4.96. The molecule has 0 radical (unpaired) electrons. The quantitative estimate of drug-likeness (QED) is 0.671. The highest BCUT2D eigenvalue weighted by Gasteiger charge is 2.11. The number of hydrogen-bond donors (Lipinski definition) is 1. The zero-order valence-electron chi connectivity index (χ0n) is 10.4. The van der Waals surface area contributed by atoms with E-state index in [9.17, 15) is 4.79 Å². The smallest absolute Gasteiger partial charge is 0.278 e. The highest BCUT2D eigenvalue weighted by atomic mass is 32.2. The van der Waals surface area contributed by atoms with Gasteiger partial charge in [0.2, 0.25) is 0 Å². The van der Waals surface area contributed by atoms with Crippen molar-refractivity contribution in [3.8, 4) is 0 Å². The molecule has 0 bridgehead atoms. The second-order valence-corrected chi connectivity index (χ2v) is 5.23. The molecule has 92 valence electrons. The average Bonchev–Trinajstić information content (AvgIpc) is 2.65. The Labute approximate surface area is 104 Å². The Hall–Kier alpha value is -1.23. The molecule has 0 atom stereocenters. The lowest BCUT2D eigenvalue weighted by Gasteiger charge is -2.09. The van der Waals surface area contributed by atoms with E-state index < -0.39 is 0 Å². The van der Waals surface area contributed by atoms with Crippen molar-refractivity contribution >= 4 is 22.8 Å². The Morgan fingerprint density at radius 2 is 2.24 bits per heavy atom. The molecule has 2 rings (SSSR count). The topological polar surface area (TPSA) is 50.7 Å². The highest BCUT2D eigenvalue weighted by molar-refractivity contribution is 7.99. The molecular weight excluding hydrogens is 234 g/mol. The number of nitrogens with zero attached hydrogens (tertiary/aromatic N) is 2. The summed E-state index contributed by atoms with van der Waals surface area (Å²) in [6, 6.07) is 1.92. The minimum Gasteiger partial charge on any atom is -0.353 e. The van der Waals surface area contributed by atoms with Gasteiger partial charge in [-0.1, -0.05) is 25.6 Å². The van der Waals surface area contributed by atoms with Crippen molar-refractivity contribution in [1.82, 2.24) is 14.5 Å². The molecule has 1 N–H and O–H groups in total. The standard InChI is InChI=1S/C12H17N3OS/c1-4-6-15-11(16)10-9(7-8(3)13-10)14-12(15)17-5-2/h7,13H,4-6H2,1-3H3. The molecule has 0 saturated carbocycles. The van der Waals surface area contributed by atoms with E-state index in [0.29, 0.717) is 5.52 Å². The number of thioether (sulfide) groups is 1. The van der Waals surface area contributed by atoms with Crippen molar-refractivity contribution in [2.24, 2.45) is 0 Å². The lowest BCUT2D eigenvalue weighted by atomic mass is 10.4. The van der Waals surface area contributed by atoms with Gasteiger partial charge in [-0.3, -0.25) is 9.36 Å². The Kier molecular flexibility index (Phi) is 3.57. The molecule has 0 aliphatic heterocycles. The summed E-state index contributed by atoms with van der Waals surface area (Å²) in [5.41, 5.74) is 2.42. The van der Waals surface area contributed by atoms with Crippen molar-refractivity contribution < 1.29 is 0 Å². The van der Waals surface area contributed by atoms with Crippen molar-refractivity contribution in [2.75, 3.05) is 5.75 Å². The van der Waals surface area contributed by atoms with Gasteiger partial charge in [0.1, 0.15) is 5.52 Å². The Balaban J connectivity index is 2.69. The fourth-order valence-electron chi connectivity index (χ4n) is 1.87. The maximum Gasteiger partial charge on any atom is 0.278 e. The van der Waals surface area contributed by atoms with Crippen LogP contribution in [0.1, 0.15) is 26.0 Å². The molecule has 2 aromatic heterocycles. The van der Waals surface area contributed by atoms with Gasteiger partial charge in [-0.05, 0) is 25.2 Å². The number of aromatic nitrogens is 3. The molecule has 0 aliphatic carbocycles. The monoisotopic (exact) mass is 251 g/mol. The molecule has 0 unspecified atom stereocenters. The largest absolute Gasteiger partial charge is 0.353 e. The lowest BCUT2D eigenvalue weighted by molar-refractivity contribution is 0.584. The number of aryl methyl sites for hydroxylation is 1. The van der Waals surface area contributed by atoms with Crippen LogP contribution in [0.3, 0.4) is 0 Å². The molecule has 17 heavy (non-hydrogen) atoms. The summed E-state index contributed by atoms with van der Waals surface area (Å²) in [4.78, 5) is 20.0. The lowest BCUT2D eigenvalue weighted by Crippen LogP contribution is -2.23. The number of nitrogens with one attached hydrogen (secondary N) is 1. The number of H-pyrrole nitrogens is 1. The third-order valence-electron chi connectivity index (χ3n) is 2.56. The van der Waals surface area contributed by atoms with Crippen LogP contribution in [0.25, 0.3) is 11.0 Å². The van der Waals surface area contributed by atoms with Crippen LogP contribution < -0.4 is 5.56 Å². The molecule has 2 aromatic rings. The molecular formula is C12H17N3OS. The summed E-state index contributed by atoms with van der Waals surface area (Å²) in [5, 5.41) is 0.825. The zero-order valence-corrected chi connectivity index (χ0v) is 11.2. The molecule has 0 fully saturated rings. The van der Waals surface area contributed by atoms with Crippen molar-refractivity contribution in [3.63, 3.8) is 0 Å². The van der Waals surface area contributed by atoms with Gasteiger partial charge in [0.25, 0.3) is 5.56 Å². The van der Waals surface area contributed by atoms with Crippen LogP contribution in [-0.4, -0.2) is 20.3 Å². The van der Waals surface area contributed by atoms with E-state index in [1.165, 1.54) is 0 Å². The van der Waals surface area contributed by atoms with Gasteiger partial charge in [0.05, 0.1) is 5.52 Å². The maximum absolute atomic E-state index is 12.3. The van der Waals surface area contributed by atoms with Gasteiger partial charge in [-0.25, -0.2) is 4.98 Å². The molecule has 0 aromatic carbocycles. The summed E-state index contributed by atoms with van der Waals surface area (Å²) >= 11 is 1.62. The van der Waals surface area contributed by atoms with E-state index in [1.807, 2.05) is 13.0 Å². The van der Waals surface area contributed by atoms with Crippen molar-refractivity contribution in [2.45, 2.75) is 38.9 Å². The number of aromatic amines is 1. The maximum atomic E-state index is 12.3. The van der Waals surface area contributed by atoms with Crippen molar-refractivity contribution in [3.05, 3.63) is 22.1 Å². The molecule has 5 heteroatoms. The third kappa shape index (κ3) is 2.24. The second-order valence-electron chi connectivity index (χ2n) is 4.00. The predicted molar refractivity (Wildman–Crippen MR) is 71.8 cm³/mol. The van der Waals surface area contributed by atoms with Gasteiger partial charge in [-0.2, -0.15) is 0 Å². The Morgan fingerprint density at radius 1 is 1.47 bits per heavy atom. The fraction of sp³-hybridized carbons (Fsp3) is 0.500. The Bertz CT molecular complexity index is 585. The summed E-state index contributed by atoms with van der Waals surface area (Å²) in [5.74, 6) is 0.922. The van der Waals surface area contributed by atoms with Crippen LogP contribution in [-0.2, 0) is 6.54 Å². The van der Waals surface area contributed by atoms with Gasteiger partial charge >= 0.3 is 0 Å². The fourth-order valence-corrected chi connectivity index (χ4v) is 2.62. The molecule has 0 amide bonds. The van der Waals surface area contributed by atoms with Crippen LogP contribution >= 0.6 is 11.8 Å². The molecule has 0 saturated heterocycles. The zero-order chi connectivity index (χ0) is 12.4. The molecule has 2 heterocycles. The summed E-state index contributed by atoms with van der Waals surface area (Å²) in [6.45, 7) is 6.80. The first-order valence-electron chi connectivity index (χ1n) is 5.90. The van der Waals surface area contributed by atoms with Crippen LogP contribution in [0, 0.1) is 6.92 Å². The normalized spacial score (nSPS) is 11.2. The average molecular weight is 251 g/mol. The van der Waals surface area contributed by atoms with E-state index in [-0.39, 0.29) is 5.56 Å². The third-order valence-corrected chi connectivity index (χ3v) is 3.42. The molecule has 4 nitrogen and oxygen atoms in total. The number of rotatable bonds is 4. The first-order chi connectivity index (χ1) is 8.17. The van der Waals surface area contributed by atoms with Crippen LogP contribution in [0.4, 0.5) is 0 Å². The van der Waals surface area contributed by atoms with Gasteiger partial charge in [-0.15, -0.1) is 0 Å². The first kappa shape index (κ1) is 12.2. The van der Waals surface area contributed by atoms with E-state index in [4.69, 9.17) is 0 Å². The summed E-state index contributed by atoms with van der Waals surface area (Å²) in [7, 11) is 0. The molecule has 0 aliphatic rings. The van der Waals surface area contributed by atoms with Gasteiger partial charge in [0, 0.05) is 12.2 Å². The molecule has 0 spiro atoms. The van der Waals surface area contributed by atoms with Crippen LogP contribution in [0.5, 0.6) is 0 Å². The van der Waals surface area contributed by atoms with Crippen molar-refractivity contribution in [1.29, 1.82) is 0 Å². The number of hydrogen-bond acceptors (Lipinski definition) is 3. The summed E-state index contributed by atoms with van der Waals surface area (Å²) < 4.78 is 1.77. The van der Waals surface area contributed by atoms with Gasteiger partial charge < -0.3 is 4.98 Å². The van der Waals surface area contributed by atoms with E-state index >= 15 is 0 Å². The van der Waals surface area contributed by atoms with E-state index in [1.54, 1.807) is 16.3 Å². The van der Waals surface area contributed by atoms with E-state index in [2.05, 4.69) is 23.8 Å². The van der Waals surface area contributed by atoms with E-state index in [0.717, 1.165) is 35.1 Å². The number of fused-ring (bicyclic) bond motifs is 1. The predicted octanol–water partition coefficient (Wildman–Crippen LogP) is 2.56. The Morgan fingerprint density at radius 3 is 2.88 bits per heavy atom. The minimum absolute atomic E-state index is 0.0425. The van der Waals surface area contributed by atoms with Crippen LogP contribution in [0.2, 0.25) is 0 Å². The van der Waals surface area contributed by atoms with Gasteiger partial charge in [0.15, 0.2) is 5.16 Å². The van der Waals surface area contributed by atoms with Crippen LogP contribution in [0.15, 0.2) is 16.0 Å². The highest BCUT2D eigenvalue weighted by Crippen LogP contribution is 2.18. The summed E-state index contributed by atoms with van der Waals surface area (Å²) in [6.07, 6.45) is 0.935.